The maximum atomic E-state index is 11.7. The van der Waals surface area contributed by atoms with Crippen LogP contribution in [-0.4, -0.2) is 25.2 Å². The number of carbonyl (C=O) groups excluding carboxylic acids is 2. The Morgan fingerprint density at radius 1 is 0.750 bits per heavy atom. The molecule has 0 aromatic rings. The van der Waals surface area contributed by atoms with Crippen molar-refractivity contribution in [3.63, 3.8) is 0 Å². The van der Waals surface area contributed by atoms with Gasteiger partial charge in [0.05, 0.1) is 0 Å². The molecule has 24 heavy (non-hydrogen) atoms. The number of hydrogen-bond donors (Lipinski definition) is 0. The van der Waals surface area contributed by atoms with Crippen LogP contribution in [0, 0.1) is 0 Å². The topological polar surface area (TPSA) is 52.6 Å². The van der Waals surface area contributed by atoms with Crippen LogP contribution < -0.4 is 0 Å². The third kappa shape index (κ3) is 7.62. The molecule has 0 N–H and O–H groups in total. The minimum Gasteiger partial charge on any atom is -0.458 e. The van der Waals surface area contributed by atoms with Crippen molar-refractivity contribution in [3.8, 4) is 0 Å². The lowest BCUT2D eigenvalue weighted by Gasteiger charge is -2.18. The average Bonchev–Trinajstić information content (AvgIpc) is 2.55. The van der Waals surface area contributed by atoms with Gasteiger partial charge in [-0.25, -0.2) is 9.59 Å². The minimum atomic E-state index is -0.377. The van der Waals surface area contributed by atoms with Gasteiger partial charge in [0, 0.05) is 11.1 Å². The molecule has 1 aliphatic carbocycles. The lowest BCUT2D eigenvalue weighted by molar-refractivity contribution is -0.139. The number of hydrogen-bond acceptors (Lipinski definition) is 4. The number of rotatable bonds is 6. The summed E-state index contributed by atoms with van der Waals surface area (Å²) in [5.74, 6) is -0.754. The minimum absolute atomic E-state index is 0.256. The van der Waals surface area contributed by atoms with Crippen molar-refractivity contribution in [1.82, 2.24) is 0 Å². The van der Waals surface area contributed by atoms with E-state index in [0.717, 1.165) is 36.8 Å². The van der Waals surface area contributed by atoms with Crippen molar-refractivity contribution in [2.45, 2.75) is 65.2 Å². The quantitative estimate of drug-likeness (QED) is 0.403. The van der Waals surface area contributed by atoms with Gasteiger partial charge >= 0.3 is 11.9 Å². The Bertz CT molecular complexity index is 468. The summed E-state index contributed by atoms with van der Waals surface area (Å²) in [5.41, 5.74) is 2.96. The van der Waals surface area contributed by atoms with Crippen LogP contribution in [0.2, 0.25) is 0 Å². The highest BCUT2D eigenvalue weighted by molar-refractivity contribution is 5.87. The third-order valence-corrected chi connectivity index (χ3v) is 4.16. The molecule has 0 spiro atoms. The molecule has 134 valence electrons. The summed E-state index contributed by atoms with van der Waals surface area (Å²) >= 11 is 0. The fourth-order valence-corrected chi connectivity index (χ4v) is 2.64. The number of carbonyl (C=O) groups is 2. The van der Waals surface area contributed by atoms with Crippen LogP contribution in [0.25, 0.3) is 0 Å². The van der Waals surface area contributed by atoms with Gasteiger partial charge in [-0.15, -0.1) is 0 Å². The summed E-state index contributed by atoms with van der Waals surface area (Å²) in [6, 6.07) is 0. The van der Waals surface area contributed by atoms with Gasteiger partial charge in [-0.2, -0.15) is 0 Å². The van der Waals surface area contributed by atoms with Gasteiger partial charge < -0.3 is 9.47 Å². The Morgan fingerprint density at radius 3 is 1.42 bits per heavy atom. The number of esters is 2. The molecule has 4 nitrogen and oxygen atoms in total. The molecule has 0 bridgehead atoms. The van der Waals surface area contributed by atoms with Crippen molar-refractivity contribution in [3.05, 3.63) is 35.5 Å². The normalized spacial score (nSPS) is 19.2. The second kappa shape index (κ2) is 10.8. The van der Waals surface area contributed by atoms with E-state index in [1.807, 2.05) is 0 Å². The van der Waals surface area contributed by atoms with Crippen molar-refractivity contribution in [2.75, 3.05) is 13.2 Å². The fourth-order valence-electron chi connectivity index (χ4n) is 2.64. The molecule has 0 heterocycles. The van der Waals surface area contributed by atoms with Crippen LogP contribution in [0.5, 0.6) is 0 Å². The zero-order valence-corrected chi connectivity index (χ0v) is 15.1. The van der Waals surface area contributed by atoms with Crippen LogP contribution in [0.15, 0.2) is 35.5 Å². The van der Waals surface area contributed by atoms with Crippen LogP contribution in [0.1, 0.15) is 65.2 Å². The van der Waals surface area contributed by atoms with E-state index in [0.29, 0.717) is 11.1 Å². The molecule has 0 saturated heterocycles. The van der Waals surface area contributed by atoms with E-state index in [2.05, 4.69) is 13.2 Å². The molecule has 0 amide bonds. The molecule has 0 atom stereocenters. The molecular weight excluding hydrogens is 304 g/mol. The first kappa shape index (κ1) is 20.2. The smallest absolute Gasteiger partial charge is 0.333 e. The summed E-state index contributed by atoms with van der Waals surface area (Å²) in [4.78, 5) is 23.4. The summed E-state index contributed by atoms with van der Waals surface area (Å²) in [7, 11) is 0. The second-order valence-corrected chi connectivity index (χ2v) is 6.54. The molecule has 4 heteroatoms. The third-order valence-electron chi connectivity index (χ3n) is 4.16. The van der Waals surface area contributed by atoms with E-state index in [9.17, 15) is 9.59 Å². The molecule has 0 unspecified atom stereocenters. The molecule has 0 fully saturated rings. The summed E-state index contributed by atoms with van der Waals surface area (Å²) in [6.07, 6.45) is 8.74. The highest BCUT2D eigenvalue weighted by Gasteiger charge is 2.14. The lowest BCUT2D eigenvalue weighted by Crippen LogP contribution is -2.14. The van der Waals surface area contributed by atoms with Crippen LogP contribution in [0.4, 0.5) is 0 Å². The zero-order valence-electron chi connectivity index (χ0n) is 15.1. The predicted molar refractivity (Wildman–Crippen MR) is 95.5 cm³/mol. The fraction of sp³-hybridized carbons (Fsp3) is 0.600. The Balaban J connectivity index is 2.84. The highest BCUT2D eigenvalue weighted by Crippen LogP contribution is 2.23. The molecule has 0 aromatic carbocycles. The van der Waals surface area contributed by atoms with Gasteiger partial charge in [0.1, 0.15) is 13.2 Å². The molecule has 1 aliphatic rings. The Morgan fingerprint density at radius 2 is 1.08 bits per heavy atom. The lowest BCUT2D eigenvalue weighted by atomic mass is 9.95. The molecule has 1 rings (SSSR count). The van der Waals surface area contributed by atoms with Crippen molar-refractivity contribution >= 4 is 11.9 Å². The molecular formula is C20H30O4. The van der Waals surface area contributed by atoms with Crippen LogP contribution in [-0.2, 0) is 19.1 Å². The first-order valence-corrected chi connectivity index (χ1v) is 8.77. The monoisotopic (exact) mass is 334 g/mol. The molecule has 0 aliphatic heterocycles. The van der Waals surface area contributed by atoms with Crippen molar-refractivity contribution < 1.29 is 19.1 Å². The zero-order chi connectivity index (χ0) is 17.9. The highest BCUT2D eigenvalue weighted by atomic mass is 16.5. The first-order valence-electron chi connectivity index (χ1n) is 8.77. The first-order chi connectivity index (χ1) is 11.4. The SMILES string of the molecule is C=C(C)C(=O)OC/C1=C(\COC(=O)C(=C)C)CCCCCCCC1. The maximum absolute atomic E-state index is 11.7. The molecule has 0 aromatic heterocycles. The predicted octanol–water partition coefficient (Wildman–Crippen LogP) is 4.66. The molecule has 0 saturated carbocycles. The van der Waals surface area contributed by atoms with Gasteiger partial charge in [0.15, 0.2) is 0 Å². The van der Waals surface area contributed by atoms with Gasteiger partial charge in [-0.05, 0) is 50.7 Å². The Hall–Kier alpha value is -1.84. The van der Waals surface area contributed by atoms with E-state index < -0.39 is 0 Å². The maximum Gasteiger partial charge on any atom is 0.333 e. The standard InChI is InChI=1S/C20H30O4/c1-15(2)19(21)23-13-17-11-9-7-5-6-8-10-12-18(17)14-24-20(22)16(3)4/h1,3,5-14H2,2,4H3/b18-17-. The van der Waals surface area contributed by atoms with Gasteiger partial charge in [0.25, 0.3) is 0 Å². The van der Waals surface area contributed by atoms with Crippen molar-refractivity contribution in [1.29, 1.82) is 0 Å². The van der Waals surface area contributed by atoms with Gasteiger partial charge in [-0.1, -0.05) is 38.8 Å². The Kier molecular flexibility index (Phi) is 9.13. The largest absolute Gasteiger partial charge is 0.458 e. The van der Waals surface area contributed by atoms with Crippen LogP contribution in [0.3, 0.4) is 0 Å². The van der Waals surface area contributed by atoms with Crippen LogP contribution >= 0.6 is 0 Å². The van der Waals surface area contributed by atoms with E-state index in [4.69, 9.17) is 9.47 Å². The van der Waals surface area contributed by atoms with Crippen molar-refractivity contribution in [2.24, 2.45) is 0 Å². The second-order valence-electron chi connectivity index (χ2n) is 6.54. The van der Waals surface area contributed by atoms with E-state index in [1.165, 1.54) is 25.7 Å². The van der Waals surface area contributed by atoms with Gasteiger partial charge in [-0.3, -0.25) is 0 Å². The average molecular weight is 334 g/mol. The van der Waals surface area contributed by atoms with E-state index in [1.54, 1.807) is 13.8 Å². The Labute approximate surface area is 145 Å². The van der Waals surface area contributed by atoms with E-state index in [-0.39, 0.29) is 25.2 Å². The summed E-state index contributed by atoms with van der Waals surface area (Å²) < 4.78 is 10.7. The summed E-state index contributed by atoms with van der Waals surface area (Å²) in [5, 5.41) is 0. The van der Waals surface area contributed by atoms with Gasteiger partial charge in [0.2, 0.25) is 0 Å². The summed E-state index contributed by atoms with van der Waals surface area (Å²) in [6.45, 7) is 11.0. The molecule has 0 radical (unpaired) electrons. The van der Waals surface area contributed by atoms with E-state index >= 15 is 0 Å². The number of ether oxygens (including phenoxy) is 2.